The van der Waals surface area contributed by atoms with Crippen molar-refractivity contribution >= 4 is 16.0 Å². The van der Waals surface area contributed by atoms with Gasteiger partial charge in [-0.1, -0.05) is 27.2 Å². The van der Waals surface area contributed by atoms with Crippen LogP contribution in [0.1, 0.15) is 73.1 Å². The summed E-state index contributed by atoms with van der Waals surface area (Å²) in [5.41, 5.74) is -1.60. The van der Waals surface area contributed by atoms with Crippen LogP contribution in [0.5, 0.6) is 0 Å². The van der Waals surface area contributed by atoms with Gasteiger partial charge in [0.05, 0.1) is 5.41 Å². The zero-order valence-electron chi connectivity index (χ0n) is 15.1. The standard InChI is InChI=1S/C16H33NO5S/c1-15(2,3)10-8-9-13(23(17,20)21)22-12-7-6-11-16(4,5)14(18)19/h13H,6-12H2,1-5H3,(H,18,19)(H2,17,20,21). The molecular formula is C16H33NO5S. The Labute approximate surface area is 140 Å². The number of carboxylic acid groups (broad SMARTS) is 1. The van der Waals surface area contributed by atoms with E-state index < -0.39 is 26.8 Å². The number of aliphatic carboxylic acids is 1. The average molecular weight is 352 g/mol. The van der Waals surface area contributed by atoms with Crippen LogP contribution in [0.25, 0.3) is 0 Å². The van der Waals surface area contributed by atoms with E-state index in [1.807, 2.05) is 0 Å². The minimum Gasteiger partial charge on any atom is -0.481 e. The molecule has 1 unspecified atom stereocenters. The molecule has 7 heteroatoms. The highest BCUT2D eigenvalue weighted by atomic mass is 32.2. The van der Waals surface area contributed by atoms with Crippen LogP contribution in [-0.2, 0) is 19.6 Å². The van der Waals surface area contributed by atoms with E-state index in [1.165, 1.54) is 0 Å². The van der Waals surface area contributed by atoms with E-state index in [0.29, 0.717) is 25.7 Å². The van der Waals surface area contributed by atoms with Crippen molar-refractivity contribution in [3.8, 4) is 0 Å². The molecule has 0 aromatic heterocycles. The Hall–Kier alpha value is -0.660. The number of hydrogen-bond donors (Lipinski definition) is 2. The Morgan fingerprint density at radius 3 is 2.09 bits per heavy atom. The van der Waals surface area contributed by atoms with Crippen LogP contribution in [0.15, 0.2) is 0 Å². The van der Waals surface area contributed by atoms with E-state index in [-0.39, 0.29) is 12.0 Å². The molecule has 1 atom stereocenters. The molecule has 0 amide bonds. The van der Waals surface area contributed by atoms with Crippen LogP contribution in [0.4, 0.5) is 0 Å². The fourth-order valence-corrected chi connectivity index (χ4v) is 2.91. The summed E-state index contributed by atoms with van der Waals surface area (Å²) in [6.07, 6.45) is 3.82. The van der Waals surface area contributed by atoms with Gasteiger partial charge >= 0.3 is 5.97 Å². The van der Waals surface area contributed by atoms with E-state index in [1.54, 1.807) is 13.8 Å². The maximum absolute atomic E-state index is 11.6. The zero-order valence-corrected chi connectivity index (χ0v) is 15.9. The van der Waals surface area contributed by atoms with Crippen molar-refractivity contribution in [2.75, 3.05) is 6.61 Å². The van der Waals surface area contributed by atoms with Gasteiger partial charge < -0.3 is 9.84 Å². The molecule has 0 heterocycles. The van der Waals surface area contributed by atoms with Crippen LogP contribution in [0.3, 0.4) is 0 Å². The van der Waals surface area contributed by atoms with Gasteiger partial charge in [-0.3, -0.25) is 4.79 Å². The van der Waals surface area contributed by atoms with Crippen LogP contribution >= 0.6 is 0 Å². The Morgan fingerprint density at radius 2 is 1.65 bits per heavy atom. The predicted octanol–water partition coefficient (Wildman–Crippen LogP) is 3.12. The van der Waals surface area contributed by atoms with Crippen LogP contribution < -0.4 is 5.14 Å². The number of nitrogens with two attached hydrogens (primary N) is 1. The normalized spacial score (nSPS) is 14.7. The number of unbranched alkanes of at least 4 members (excludes halogenated alkanes) is 1. The zero-order chi connectivity index (χ0) is 18.3. The van der Waals surface area contributed by atoms with Crippen molar-refractivity contribution in [2.24, 2.45) is 16.0 Å². The van der Waals surface area contributed by atoms with Crippen molar-refractivity contribution in [1.82, 2.24) is 0 Å². The molecule has 0 saturated heterocycles. The molecule has 0 spiro atoms. The summed E-state index contributed by atoms with van der Waals surface area (Å²) >= 11 is 0. The number of sulfonamides is 1. The lowest BCUT2D eigenvalue weighted by Gasteiger charge is -2.21. The van der Waals surface area contributed by atoms with Gasteiger partial charge in [-0.15, -0.1) is 0 Å². The lowest BCUT2D eigenvalue weighted by atomic mass is 9.87. The van der Waals surface area contributed by atoms with Crippen LogP contribution in [0, 0.1) is 10.8 Å². The highest BCUT2D eigenvalue weighted by Crippen LogP contribution is 2.25. The average Bonchev–Trinajstić information content (AvgIpc) is 2.33. The molecule has 0 radical (unpaired) electrons. The first-order valence-electron chi connectivity index (χ1n) is 8.12. The van der Waals surface area contributed by atoms with Crippen molar-refractivity contribution in [2.45, 2.75) is 78.6 Å². The third-order valence-electron chi connectivity index (χ3n) is 3.81. The second kappa shape index (κ2) is 8.99. The molecule has 0 fully saturated rings. The molecule has 6 nitrogen and oxygen atoms in total. The SMILES string of the molecule is CC(C)(C)CCCC(OCCCCC(C)(C)C(=O)O)S(N)(=O)=O. The Balaban J connectivity index is 4.21. The first-order valence-corrected chi connectivity index (χ1v) is 9.73. The van der Waals surface area contributed by atoms with Gasteiger partial charge in [0.2, 0.25) is 10.0 Å². The highest BCUT2D eigenvalue weighted by molar-refractivity contribution is 7.89. The van der Waals surface area contributed by atoms with Crippen molar-refractivity contribution in [3.63, 3.8) is 0 Å². The lowest BCUT2D eigenvalue weighted by molar-refractivity contribution is -0.147. The second-order valence-corrected chi connectivity index (χ2v) is 9.69. The van der Waals surface area contributed by atoms with Crippen molar-refractivity contribution in [3.05, 3.63) is 0 Å². The molecule has 0 aromatic carbocycles. The monoisotopic (exact) mass is 351 g/mol. The van der Waals surface area contributed by atoms with Gasteiger partial charge in [0, 0.05) is 6.61 Å². The number of carbonyl (C=O) groups is 1. The fraction of sp³-hybridized carbons (Fsp3) is 0.938. The second-order valence-electron chi connectivity index (χ2n) is 7.99. The topological polar surface area (TPSA) is 107 Å². The molecule has 23 heavy (non-hydrogen) atoms. The molecular weight excluding hydrogens is 318 g/mol. The number of hydrogen-bond acceptors (Lipinski definition) is 4. The first-order chi connectivity index (χ1) is 10.3. The summed E-state index contributed by atoms with van der Waals surface area (Å²) in [6.45, 7) is 9.93. The number of rotatable bonds is 11. The van der Waals surface area contributed by atoms with Gasteiger partial charge in [-0.25, -0.2) is 13.6 Å². The molecule has 0 rings (SSSR count). The van der Waals surface area contributed by atoms with Gasteiger partial charge in [0.25, 0.3) is 0 Å². The molecule has 0 aliphatic rings. The summed E-state index contributed by atoms with van der Waals surface area (Å²) in [5, 5.41) is 14.3. The third-order valence-corrected chi connectivity index (χ3v) is 4.92. The molecule has 0 aliphatic heterocycles. The van der Waals surface area contributed by atoms with Gasteiger partial charge in [-0.05, 0) is 51.4 Å². The highest BCUT2D eigenvalue weighted by Gasteiger charge is 2.26. The number of carboxylic acids is 1. The Kier molecular flexibility index (Phi) is 8.73. The number of ether oxygens (including phenoxy) is 1. The van der Waals surface area contributed by atoms with E-state index in [2.05, 4.69) is 20.8 Å². The molecule has 0 saturated carbocycles. The van der Waals surface area contributed by atoms with Gasteiger partial charge in [0.15, 0.2) is 5.44 Å². The van der Waals surface area contributed by atoms with Crippen LogP contribution in [0.2, 0.25) is 0 Å². The third kappa shape index (κ3) is 10.7. The molecule has 0 bridgehead atoms. The smallest absolute Gasteiger partial charge is 0.309 e. The predicted molar refractivity (Wildman–Crippen MR) is 91.4 cm³/mol. The Morgan fingerprint density at radius 1 is 1.09 bits per heavy atom. The lowest BCUT2D eigenvalue weighted by Crippen LogP contribution is -2.31. The van der Waals surface area contributed by atoms with Crippen molar-refractivity contribution in [1.29, 1.82) is 0 Å². The Bertz CT molecular complexity index is 465. The summed E-state index contributed by atoms with van der Waals surface area (Å²) < 4.78 is 28.6. The molecule has 138 valence electrons. The quantitative estimate of drug-likeness (QED) is 0.556. The molecule has 0 aromatic rings. The summed E-state index contributed by atoms with van der Waals surface area (Å²) in [7, 11) is -3.73. The molecule has 3 N–H and O–H groups in total. The van der Waals surface area contributed by atoms with E-state index >= 15 is 0 Å². The minimum absolute atomic E-state index is 0.144. The van der Waals surface area contributed by atoms with E-state index in [0.717, 1.165) is 12.8 Å². The maximum Gasteiger partial charge on any atom is 0.309 e. The van der Waals surface area contributed by atoms with Gasteiger partial charge in [0.1, 0.15) is 0 Å². The van der Waals surface area contributed by atoms with Crippen LogP contribution in [-0.4, -0.2) is 31.5 Å². The number of primary sulfonamides is 1. The molecule has 0 aliphatic carbocycles. The van der Waals surface area contributed by atoms with E-state index in [9.17, 15) is 13.2 Å². The first kappa shape index (κ1) is 22.3. The largest absolute Gasteiger partial charge is 0.481 e. The maximum atomic E-state index is 11.6. The summed E-state index contributed by atoms with van der Waals surface area (Å²) in [4.78, 5) is 11.0. The van der Waals surface area contributed by atoms with E-state index in [4.69, 9.17) is 15.0 Å². The summed E-state index contributed by atoms with van der Waals surface area (Å²) in [6, 6.07) is 0. The van der Waals surface area contributed by atoms with Gasteiger partial charge in [-0.2, -0.15) is 0 Å². The van der Waals surface area contributed by atoms with Crippen molar-refractivity contribution < 1.29 is 23.1 Å². The minimum atomic E-state index is -3.73. The fourth-order valence-electron chi connectivity index (χ4n) is 2.13. The summed E-state index contributed by atoms with van der Waals surface area (Å²) in [5.74, 6) is -0.831.